The van der Waals surface area contributed by atoms with Crippen molar-refractivity contribution in [1.82, 2.24) is 5.32 Å². The minimum absolute atomic E-state index is 0.118. The Bertz CT molecular complexity index is 629. The van der Waals surface area contributed by atoms with Crippen molar-refractivity contribution in [2.45, 2.75) is 6.42 Å². The molecule has 0 aliphatic rings. The van der Waals surface area contributed by atoms with Gasteiger partial charge in [-0.05, 0) is 23.9 Å². The summed E-state index contributed by atoms with van der Waals surface area (Å²) in [5.41, 5.74) is -0.149. The second-order valence-electron chi connectivity index (χ2n) is 3.98. The van der Waals surface area contributed by atoms with E-state index in [2.05, 4.69) is 5.32 Å². The van der Waals surface area contributed by atoms with Crippen LogP contribution in [0.2, 0.25) is 5.02 Å². The van der Waals surface area contributed by atoms with Crippen LogP contribution in [0.25, 0.3) is 0 Å². The molecule has 104 valence electrons. The van der Waals surface area contributed by atoms with Crippen LogP contribution in [-0.2, 0) is 6.42 Å². The summed E-state index contributed by atoms with van der Waals surface area (Å²) < 4.78 is 0. The van der Waals surface area contributed by atoms with Crippen molar-refractivity contribution in [1.29, 1.82) is 0 Å². The highest BCUT2D eigenvalue weighted by molar-refractivity contribution is 7.09. The SMILES string of the molecule is O=C(NCCc1cccs1)c1cccc([N+](=O)[O-])c1Cl. The smallest absolute Gasteiger partial charge is 0.288 e. The van der Waals surface area contributed by atoms with Crippen LogP contribution in [-0.4, -0.2) is 17.4 Å². The summed E-state index contributed by atoms with van der Waals surface area (Å²) in [5.74, 6) is -0.407. The van der Waals surface area contributed by atoms with Gasteiger partial charge in [-0.25, -0.2) is 0 Å². The number of benzene rings is 1. The molecule has 20 heavy (non-hydrogen) atoms. The molecular weight excluding hydrogens is 300 g/mol. The van der Waals surface area contributed by atoms with Crippen LogP contribution in [0.1, 0.15) is 15.2 Å². The summed E-state index contributed by atoms with van der Waals surface area (Å²) in [5, 5.41) is 15.3. The predicted molar refractivity (Wildman–Crippen MR) is 78.5 cm³/mol. The number of halogens is 1. The third-order valence-electron chi connectivity index (χ3n) is 2.66. The molecule has 0 unspecified atom stereocenters. The molecule has 1 N–H and O–H groups in total. The molecular formula is C13H11ClN2O3S. The van der Waals surface area contributed by atoms with Gasteiger partial charge in [0, 0.05) is 17.5 Å². The molecule has 2 aromatic rings. The van der Waals surface area contributed by atoms with Gasteiger partial charge in [0.25, 0.3) is 11.6 Å². The Kier molecular flexibility index (Phi) is 4.70. The number of carbonyl (C=O) groups is 1. The molecule has 1 heterocycles. The Morgan fingerprint density at radius 3 is 2.80 bits per heavy atom. The molecule has 0 saturated carbocycles. The predicted octanol–water partition coefficient (Wildman–Crippen LogP) is 3.28. The van der Waals surface area contributed by atoms with Crippen molar-refractivity contribution in [3.63, 3.8) is 0 Å². The van der Waals surface area contributed by atoms with Crippen molar-refractivity contribution in [2.24, 2.45) is 0 Å². The van der Waals surface area contributed by atoms with E-state index in [0.717, 1.165) is 11.3 Å². The summed E-state index contributed by atoms with van der Waals surface area (Å²) in [6, 6.07) is 8.11. The topological polar surface area (TPSA) is 72.2 Å². The van der Waals surface area contributed by atoms with Crippen LogP contribution < -0.4 is 5.32 Å². The molecule has 0 radical (unpaired) electrons. The lowest BCUT2D eigenvalue weighted by Crippen LogP contribution is -2.25. The van der Waals surface area contributed by atoms with E-state index in [-0.39, 0.29) is 16.3 Å². The molecule has 0 aliphatic heterocycles. The van der Waals surface area contributed by atoms with Gasteiger partial charge in [-0.1, -0.05) is 23.7 Å². The summed E-state index contributed by atoms with van der Waals surface area (Å²) >= 11 is 7.49. The first-order valence-electron chi connectivity index (χ1n) is 5.83. The fourth-order valence-electron chi connectivity index (χ4n) is 1.69. The van der Waals surface area contributed by atoms with E-state index < -0.39 is 10.8 Å². The molecule has 0 saturated heterocycles. The van der Waals surface area contributed by atoms with E-state index in [0.29, 0.717) is 6.54 Å². The Morgan fingerprint density at radius 1 is 1.35 bits per heavy atom. The second-order valence-corrected chi connectivity index (χ2v) is 5.39. The molecule has 2 rings (SSSR count). The van der Waals surface area contributed by atoms with E-state index >= 15 is 0 Å². The minimum atomic E-state index is -0.606. The Labute approximate surface area is 124 Å². The number of nitro groups is 1. The van der Waals surface area contributed by atoms with Gasteiger partial charge in [-0.2, -0.15) is 0 Å². The quantitative estimate of drug-likeness (QED) is 0.680. The first-order valence-corrected chi connectivity index (χ1v) is 7.09. The maximum atomic E-state index is 12.0. The molecule has 0 fully saturated rings. The second kappa shape index (κ2) is 6.49. The average molecular weight is 311 g/mol. The lowest BCUT2D eigenvalue weighted by molar-refractivity contribution is -0.384. The van der Waals surface area contributed by atoms with Gasteiger partial charge in [0.1, 0.15) is 5.02 Å². The summed E-state index contributed by atoms with van der Waals surface area (Å²) in [7, 11) is 0. The standard InChI is InChI=1S/C13H11ClN2O3S/c14-12-10(4-1-5-11(12)16(18)19)13(17)15-7-6-9-3-2-8-20-9/h1-5,8H,6-7H2,(H,15,17). The number of nitrogens with one attached hydrogen (secondary N) is 1. The van der Waals surface area contributed by atoms with E-state index in [1.54, 1.807) is 11.3 Å². The zero-order valence-electron chi connectivity index (χ0n) is 10.3. The molecule has 0 spiro atoms. The number of carbonyl (C=O) groups excluding carboxylic acids is 1. The van der Waals surface area contributed by atoms with Crippen LogP contribution in [0.3, 0.4) is 0 Å². The van der Waals surface area contributed by atoms with E-state index in [4.69, 9.17) is 11.6 Å². The summed E-state index contributed by atoms with van der Waals surface area (Å²) in [6.07, 6.45) is 0.718. The van der Waals surface area contributed by atoms with Gasteiger partial charge in [-0.3, -0.25) is 14.9 Å². The van der Waals surface area contributed by atoms with Gasteiger partial charge in [0.2, 0.25) is 0 Å². The number of hydrogen-bond acceptors (Lipinski definition) is 4. The van der Waals surface area contributed by atoms with Crippen LogP contribution in [0, 0.1) is 10.1 Å². The van der Waals surface area contributed by atoms with Crippen LogP contribution >= 0.6 is 22.9 Å². The number of amides is 1. The fourth-order valence-corrected chi connectivity index (χ4v) is 2.68. The first kappa shape index (κ1) is 14.5. The Hall–Kier alpha value is -1.92. The normalized spacial score (nSPS) is 10.2. The van der Waals surface area contributed by atoms with E-state index in [9.17, 15) is 14.9 Å². The van der Waals surface area contributed by atoms with Gasteiger partial charge in [0.15, 0.2) is 0 Å². The van der Waals surface area contributed by atoms with Crippen molar-refractivity contribution in [3.8, 4) is 0 Å². The molecule has 0 aliphatic carbocycles. The zero-order valence-corrected chi connectivity index (χ0v) is 11.9. The lowest BCUT2D eigenvalue weighted by Gasteiger charge is -2.06. The molecule has 0 bridgehead atoms. The van der Waals surface area contributed by atoms with Gasteiger partial charge in [0.05, 0.1) is 10.5 Å². The van der Waals surface area contributed by atoms with Gasteiger partial charge in [-0.15, -0.1) is 11.3 Å². The van der Waals surface area contributed by atoms with Crippen molar-refractivity contribution < 1.29 is 9.72 Å². The third kappa shape index (κ3) is 3.34. The number of rotatable bonds is 5. The monoisotopic (exact) mass is 310 g/mol. The largest absolute Gasteiger partial charge is 0.352 e. The van der Waals surface area contributed by atoms with Crippen molar-refractivity contribution in [2.75, 3.05) is 6.54 Å². The molecule has 1 amide bonds. The van der Waals surface area contributed by atoms with Gasteiger partial charge < -0.3 is 5.32 Å². The molecule has 7 heteroatoms. The Balaban J connectivity index is 2.02. The van der Waals surface area contributed by atoms with Crippen molar-refractivity contribution in [3.05, 3.63) is 61.3 Å². The minimum Gasteiger partial charge on any atom is -0.352 e. The third-order valence-corrected chi connectivity index (χ3v) is 3.99. The van der Waals surface area contributed by atoms with E-state index in [1.165, 1.54) is 18.2 Å². The zero-order chi connectivity index (χ0) is 14.5. The number of thiophene rings is 1. The van der Waals surface area contributed by atoms with Crippen molar-refractivity contribution >= 4 is 34.5 Å². The van der Waals surface area contributed by atoms with Crippen LogP contribution in [0.15, 0.2) is 35.7 Å². The maximum absolute atomic E-state index is 12.0. The Morgan fingerprint density at radius 2 is 2.15 bits per heavy atom. The average Bonchev–Trinajstić information content (AvgIpc) is 2.91. The summed E-state index contributed by atoms with van der Waals surface area (Å²) in [4.78, 5) is 23.3. The highest BCUT2D eigenvalue weighted by Crippen LogP contribution is 2.27. The fraction of sp³-hybridized carbons (Fsp3) is 0.154. The first-order chi connectivity index (χ1) is 9.59. The molecule has 0 atom stereocenters. The van der Waals surface area contributed by atoms with Gasteiger partial charge >= 0.3 is 0 Å². The molecule has 5 nitrogen and oxygen atoms in total. The lowest BCUT2D eigenvalue weighted by atomic mass is 10.2. The highest BCUT2D eigenvalue weighted by Gasteiger charge is 2.19. The number of nitrogens with zero attached hydrogens (tertiary/aromatic N) is 1. The molecule has 1 aromatic heterocycles. The number of nitro benzene ring substituents is 1. The van der Waals surface area contributed by atoms with Crippen LogP contribution in [0.4, 0.5) is 5.69 Å². The molecule has 1 aromatic carbocycles. The van der Waals surface area contributed by atoms with Crippen LogP contribution in [0.5, 0.6) is 0 Å². The maximum Gasteiger partial charge on any atom is 0.288 e. The summed E-state index contributed by atoms with van der Waals surface area (Å²) in [6.45, 7) is 0.457. The number of hydrogen-bond donors (Lipinski definition) is 1. The van der Waals surface area contributed by atoms with E-state index in [1.807, 2.05) is 17.5 Å². The highest BCUT2D eigenvalue weighted by atomic mass is 35.5.